The lowest BCUT2D eigenvalue weighted by molar-refractivity contribution is -0.124. The van der Waals surface area contributed by atoms with Crippen LogP contribution in [0.15, 0.2) is 0 Å². The van der Waals surface area contributed by atoms with Crippen LogP contribution in [0.25, 0.3) is 0 Å². The highest BCUT2D eigenvalue weighted by molar-refractivity contribution is 7.92. The van der Waals surface area contributed by atoms with Crippen LogP contribution in [0.1, 0.15) is 39.5 Å². The average molecular weight is 402 g/mol. The monoisotopic (exact) mass is 401 g/mol. The first-order valence-electron chi connectivity index (χ1n) is 10.4. The third kappa shape index (κ3) is 5.65. The van der Waals surface area contributed by atoms with Gasteiger partial charge in [0.1, 0.15) is 0 Å². The summed E-state index contributed by atoms with van der Waals surface area (Å²) in [5.41, 5.74) is 0. The lowest BCUT2D eigenvalue weighted by atomic mass is 9.93. The number of carbonyl (C=O) groups is 1. The molecule has 2 heterocycles. The third-order valence-corrected chi connectivity index (χ3v) is 8.20. The van der Waals surface area contributed by atoms with Gasteiger partial charge in [-0.2, -0.15) is 0 Å². The summed E-state index contributed by atoms with van der Waals surface area (Å²) in [6.07, 6.45) is 3.69. The van der Waals surface area contributed by atoms with Crippen molar-refractivity contribution >= 4 is 15.7 Å². The summed E-state index contributed by atoms with van der Waals surface area (Å²) >= 11 is 0. The Labute approximate surface area is 163 Å². The van der Waals surface area contributed by atoms with Gasteiger partial charge in [0.2, 0.25) is 5.91 Å². The molecule has 0 aromatic heterocycles. The van der Waals surface area contributed by atoms with Crippen molar-refractivity contribution in [2.75, 3.05) is 51.6 Å². The Morgan fingerprint density at radius 2 is 2.00 bits per heavy atom. The molecule has 1 N–H and O–H groups in total. The van der Waals surface area contributed by atoms with E-state index < -0.39 is 9.84 Å². The topological polar surface area (TPSA) is 79.0 Å². The molecule has 0 radical (unpaired) electrons. The third-order valence-electron chi connectivity index (χ3n) is 5.98. The molecule has 1 amide bonds. The van der Waals surface area contributed by atoms with Gasteiger partial charge in [-0.15, -0.1) is 0 Å². The minimum atomic E-state index is -3.00. The zero-order valence-corrected chi connectivity index (χ0v) is 17.5. The molecular weight excluding hydrogens is 366 g/mol. The molecule has 3 rings (SSSR count). The number of hydrogen-bond acceptors (Lipinski definition) is 6. The molecule has 27 heavy (non-hydrogen) atoms. The standard InChI is InChI=1S/C19H35N3O4S/c1-15(2)12-21-7-9-26-16(13-21)11-20-19(23)14-22-8-10-27(24,25)18-6-4-3-5-17(18)22/h15-18H,3-14H2,1-2H3,(H,20,23)/t16-,17-,18+/m1/s1. The van der Waals surface area contributed by atoms with Crippen molar-refractivity contribution < 1.29 is 17.9 Å². The molecule has 0 unspecified atom stereocenters. The molecule has 2 aliphatic heterocycles. The van der Waals surface area contributed by atoms with E-state index >= 15 is 0 Å². The van der Waals surface area contributed by atoms with Gasteiger partial charge in [0, 0.05) is 38.8 Å². The number of carbonyl (C=O) groups excluding carboxylic acids is 1. The zero-order valence-electron chi connectivity index (χ0n) is 16.7. The van der Waals surface area contributed by atoms with Crippen LogP contribution in [-0.4, -0.2) is 93.1 Å². The fraction of sp³-hybridized carbons (Fsp3) is 0.947. The summed E-state index contributed by atoms with van der Waals surface area (Å²) in [5.74, 6) is 0.775. The molecule has 3 atom stereocenters. The van der Waals surface area contributed by atoms with Crippen LogP contribution in [0.3, 0.4) is 0 Å². The quantitative estimate of drug-likeness (QED) is 0.698. The van der Waals surface area contributed by atoms with E-state index in [9.17, 15) is 13.2 Å². The fourth-order valence-electron chi connectivity index (χ4n) is 4.73. The van der Waals surface area contributed by atoms with E-state index in [1.54, 1.807) is 0 Å². The molecule has 3 aliphatic rings. The van der Waals surface area contributed by atoms with Crippen LogP contribution < -0.4 is 5.32 Å². The molecule has 0 bridgehead atoms. The van der Waals surface area contributed by atoms with Gasteiger partial charge in [0.25, 0.3) is 0 Å². The van der Waals surface area contributed by atoms with Crippen molar-refractivity contribution in [1.82, 2.24) is 15.1 Å². The van der Waals surface area contributed by atoms with Gasteiger partial charge >= 0.3 is 0 Å². The molecule has 0 aromatic rings. The number of amides is 1. The lowest BCUT2D eigenvalue weighted by Gasteiger charge is -2.43. The number of morpholine rings is 1. The Hall–Kier alpha value is -0.700. The largest absolute Gasteiger partial charge is 0.374 e. The maximum Gasteiger partial charge on any atom is 0.234 e. The molecule has 8 heteroatoms. The van der Waals surface area contributed by atoms with Crippen LogP contribution in [0.5, 0.6) is 0 Å². The average Bonchev–Trinajstić information content (AvgIpc) is 2.62. The van der Waals surface area contributed by atoms with Crippen LogP contribution in [0, 0.1) is 5.92 Å². The second-order valence-corrected chi connectivity index (χ2v) is 11.0. The van der Waals surface area contributed by atoms with Gasteiger partial charge in [-0.25, -0.2) is 8.42 Å². The Kier molecular flexibility index (Phi) is 7.16. The van der Waals surface area contributed by atoms with E-state index in [0.717, 1.165) is 45.3 Å². The number of sulfone groups is 1. The molecule has 3 fully saturated rings. The normalized spacial score (nSPS) is 32.2. The van der Waals surface area contributed by atoms with Gasteiger partial charge in [0.05, 0.1) is 30.3 Å². The summed E-state index contributed by atoms with van der Waals surface area (Å²) < 4.78 is 30.5. The molecule has 1 aliphatic carbocycles. The highest BCUT2D eigenvalue weighted by Gasteiger charge is 2.42. The molecule has 1 saturated carbocycles. The van der Waals surface area contributed by atoms with Crippen molar-refractivity contribution in [1.29, 1.82) is 0 Å². The van der Waals surface area contributed by atoms with Crippen molar-refractivity contribution in [2.45, 2.75) is 56.9 Å². The maximum atomic E-state index is 12.5. The Morgan fingerprint density at radius 3 is 2.78 bits per heavy atom. The minimum absolute atomic E-state index is 0.00992. The molecule has 0 spiro atoms. The summed E-state index contributed by atoms with van der Waals surface area (Å²) in [4.78, 5) is 17.0. The van der Waals surface area contributed by atoms with Gasteiger partial charge in [-0.05, 0) is 18.8 Å². The maximum absolute atomic E-state index is 12.5. The Balaban J connectivity index is 1.46. The fourth-order valence-corrected chi connectivity index (χ4v) is 6.83. The van der Waals surface area contributed by atoms with E-state index in [1.807, 2.05) is 0 Å². The van der Waals surface area contributed by atoms with E-state index in [1.165, 1.54) is 0 Å². The number of nitrogens with one attached hydrogen (secondary N) is 1. The van der Waals surface area contributed by atoms with Crippen LogP contribution in [0.4, 0.5) is 0 Å². The van der Waals surface area contributed by atoms with Crippen molar-refractivity contribution in [3.8, 4) is 0 Å². The van der Waals surface area contributed by atoms with Gasteiger partial charge < -0.3 is 10.1 Å². The van der Waals surface area contributed by atoms with E-state index in [4.69, 9.17) is 4.74 Å². The summed E-state index contributed by atoms with van der Waals surface area (Å²) in [7, 11) is -3.00. The van der Waals surface area contributed by atoms with Crippen LogP contribution in [-0.2, 0) is 19.4 Å². The predicted molar refractivity (Wildman–Crippen MR) is 105 cm³/mol. The Bertz CT molecular complexity index is 610. The molecule has 2 saturated heterocycles. The molecule has 7 nitrogen and oxygen atoms in total. The van der Waals surface area contributed by atoms with Crippen molar-refractivity contribution in [2.24, 2.45) is 5.92 Å². The van der Waals surface area contributed by atoms with Crippen molar-refractivity contribution in [3.05, 3.63) is 0 Å². The summed E-state index contributed by atoms with van der Waals surface area (Å²) in [6, 6.07) is 0.00992. The second-order valence-electron chi connectivity index (χ2n) is 8.68. The highest BCUT2D eigenvalue weighted by Crippen LogP contribution is 2.31. The molecule has 0 aromatic carbocycles. The van der Waals surface area contributed by atoms with Crippen LogP contribution in [0.2, 0.25) is 0 Å². The molecular formula is C19H35N3O4S. The van der Waals surface area contributed by atoms with Crippen molar-refractivity contribution in [3.63, 3.8) is 0 Å². The predicted octanol–water partition coefficient (Wildman–Crippen LogP) is 0.501. The van der Waals surface area contributed by atoms with Gasteiger partial charge in [-0.3, -0.25) is 14.6 Å². The summed E-state index contributed by atoms with van der Waals surface area (Å²) in [6.45, 7) is 9.28. The first kappa shape index (κ1) is 21.0. The summed E-state index contributed by atoms with van der Waals surface area (Å²) in [5, 5.41) is 2.73. The second kappa shape index (κ2) is 9.20. The lowest BCUT2D eigenvalue weighted by Crippen LogP contribution is -2.58. The minimum Gasteiger partial charge on any atom is -0.374 e. The number of fused-ring (bicyclic) bond motifs is 1. The molecule has 156 valence electrons. The highest BCUT2D eigenvalue weighted by atomic mass is 32.2. The van der Waals surface area contributed by atoms with Gasteiger partial charge in [0.15, 0.2) is 9.84 Å². The number of rotatable bonds is 6. The van der Waals surface area contributed by atoms with E-state index in [0.29, 0.717) is 32.2 Å². The number of ether oxygens (including phenoxy) is 1. The zero-order chi connectivity index (χ0) is 19.4. The first-order valence-corrected chi connectivity index (χ1v) is 12.1. The Morgan fingerprint density at radius 1 is 1.22 bits per heavy atom. The smallest absolute Gasteiger partial charge is 0.234 e. The first-order chi connectivity index (χ1) is 12.8. The number of hydrogen-bond donors (Lipinski definition) is 1. The van der Waals surface area contributed by atoms with Crippen LogP contribution >= 0.6 is 0 Å². The van der Waals surface area contributed by atoms with E-state index in [2.05, 4.69) is 29.0 Å². The SMILES string of the molecule is CC(C)CN1CCO[C@H](CNC(=O)CN2CCS(=O)(=O)[C@H]3CCCC[C@H]32)C1. The van der Waals surface area contributed by atoms with Gasteiger partial charge in [-0.1, -0.05) is 26.7 Å². The number of nitrogens with zero attached hydrogens (tertiary/aromatic N) is 2. The van der Waals surface area contributed by atoms with E-state index in [-0.39, 0.29) is 29.1 Å².